The number of aliphatic hydroxyl groups is 1. The molecule has 0 saturated carbocycles. The van der Waals surface area contributed by atoms with Crippen LogP contribution in [0.2, 0.25) is 0 Å². The van der Waals surface area contributed by atoms with Crippen molar-refractivity contribution in [3.63, 3.8) is 0 Å². The SMILES string of the molecule is C[C@@H](O)c1nc2ccccc2n1CC(=O)N(C)c1ccccc1. The maximum atomic E-state index is 12.6. The number of carbonyl (C=O) groups excluding carboxylic acids is 1. The molecule has 2 aromatic carbocycles. The molecule has 1 amide bonds. The van der Waals surface area contributed by atoms with Gasteiger partial charge in [0.1, 0.15) is 18.5 Å². The van der Waals surface area contributed by atoms with Crippen molar-refractivity contribution in [1.82, 2.24) is 9.55 Å². The number of para-hydroxylation sites is 3. The van der Waals surface area contributed by atoms with Gasteiger partial charge in [0.05, 0.1) is 11.0 Å². The zero-order valence-electron chi connectivity index (χ0n) is 13.2. The van der Waals surface area contributed by atoms with E-state index in [0.29, 0.717) is 5.82 Å². The molecule has 0 radical (unpaired) electrons. The third kappa shape index (κ3) is 2.96. The predicted molar refractivity (Wildman–Crippen MR) is 90.2 cm³/mol. The number of amides is 1. The highest BCUT2D eigenvalue weighted by molar-refractivity contribution is 5.93. The average Bonchev–Trinajstić information content (AvgIpc) is 2.94. The first-order valence-electron chi connectivity index (χ1n) is 7.53. The van der Waals surface area contributed by atoms with Crippen molar-refractivity contribution in [2.24, 2.45) is 0 Å². The van der Waals surface area contributed by atoms with Crippen LogP contribution in [0.25, 0.3) is 11.0 Å². The number of carbonyl (C=O) groups is 1. The van der Waals surface area contributed by atoms with E-state index in [1.807, 2.05) is 54.6 Å². The molecular weight excluding hydrogens is 290 g/mol. The Kier molecular flexibility index (Phi) is 4.12. The van der Waals surface area contributed by atoms with Gasteiger partial charge in [0.25, 0.3) is 0 Å². The molecule has 5 nitrogen and oxygen atoms in total. The average molecular weight is 309 g/mol. The third-order valence-electron chi connectivity index (χ3n) is 3.87. The monoisotopic (exact) mass is 309 g/mol. The van der Waals surface area contributed by atoms with Crippen LogP contribution in [0.5, 0.6) is 0 Å². The number of benzene rings is 2. The van der Waals surface area contributed by atoms with Gasteiger partial charge in [0, 0.05) is 12.7 Å². The maximum absolute atomic E-state index is 12.6. The van der Waals surface area contributed by atoms with Crippen molar-refractivity contribution < 1.29 is 9.90 Å². The fraction of sp³-hybridized carbons (Fsp3) is 0.222. The van der Waals surface area contributed by atoms with Gasteiger partial charge in [-0.15, -0.1) is 0 Å². The van der Waals surface area contributed by atoms with Crippen molar-refractivity contribution in [3.05, 3.63) is 60.4 Å². The number of hydrogen-bond acceptors (Lipinski definition) is 3. The molecule has 3 rings (SSSR count). The Hall–Kier alpha value is -2.66. The minimum atomic E-state index is -0.739. The number of nitrogens with zero attached hydrogens (tertiary/aromatic N) is 3. The molecule has 1 heterocycles. The van der Waals surface area contributed by atoms with Gasteiger partial charge in [-0.3, -0.25) is 4.79 Å². The van der Waals surface area contributed by atoms with Gasteiger partial charge >= 0.3 is 0 Å². The van der Waals surface area contributed by atoms with E-state index in [4.69, 9.17) is 0 Å². The summed E-state index contributed by atoms with van der Waals surface area (Å²) in [5.74, 6) is 0.433. The number of aromatic nitrogens is 2. The van der Waals surface area contributed by atoms with E-state index in [2.05, 4.69) is 4.98 Å². The highest BCUT2D eigenvalue weighted by Crippen LogP contribution is 2.21. The third-order valence-corrected chi connectivity index (χ3v) is 3.87. The van der Waals surface area contributed by atoms with Crippen LogP contribution in [-0.2, 0) is 11.3 Å². The van der Waals surface area contributed by atoms with Gasteiger partial charge in [0.2, 0.25) is 5.91 Å². The summed E-state index contributed by atoms with van der Waals surface area (Å²) in [6, 6.07) is 17.1. The van der Waals surface area contributed by atoms with Crippen LogP contribution in [0.1, 0.15) is 18.9 Å². The largest absolute Gasteiger partial charge is 0.385 e. The van der Waals surface area contributed by atoms with Crippen LogP contribution in [0.4, 0.5) is 5.69 Å². The van der Waals surface area contributed by atoms with Crippen molar-refractivity contribution in [2.45, 2.75) is 19.6 Å². The summed E-state index contributed by atoms with van der Waals surface area (Å²) in [5.41, 5.74) is 2.46. The summed E-state index contributed by atoms with van der Waals surface area (Å²) < 4.78 is 1.78. The smallest absolute Gasteiger partial charge is 0.246 e. The molecule has 5 heteroatoms. The Bertz CT molecular complexity index is 825. The summed E-state index contributed by atoms with van der Waals surface area (Å²) in [6.45, 7) is 1.79. The molecule has 0 aliphatic rings. The van der Waals surface area contributed by atoms with Crippen LogP contribution >= 0.6 is 0 Å². The molecule has 118 valence electrons. The second kappa shape index (κ2) is 6.22. The molecule has 0 fully saturated rings. The number of imidazole rings is 1. The second-order valence-electron chi connectivity index (χ2n) is 5.51. The van der Waals surface area contributed by atoms with Crippen LogP contribution in [-0.4, -0.2) is 27.6 Å². The van der Waals surface area contributed by atoms with Crippen molar-refractivity contribution in [2.75, 3.05) is 11.9 Å². The number of aliphatic hydroxyl groups excluding tert-OH is 1. The Morgan fingerprint density at radius 2 is 1.83 bits per heavy atom. The van der Waals surface area contributed by atoms with Gasteiger partial charge in [0.15, 0.2) is 0 Å². The molecule has 0 aliphatic heterocycles. The van der Waals surface area contributed by atoms with E-state index >= 15 is 0 Å². The first-order chi connectivity index (χ1) is 11.1. The van der Waals surface area contributed by atoms with Crippen molar-refractivity contribution in [3.8, 4) is 0 Å². The minimum Gasteiger partial charge on any atom is -0.385 e. The topological polar surface area (TPSA) is 58.4 Å². The molecule has 1 N–H and O–H groups in total. The summed E-state index contributed by atoms with van der Waals surface area (Å²) in [5, 5.41) is 9.97. The van der Waals surface area contributed by atoms with Crippen LogP contribution in [0.15, 0.2) is 54.6 Å². The number of fused-ring (bicyclic) bond motifs is 1. The molecule has 0 aliphatic carbocycles. The minimum absolute atomic E-state index is 0.0683. The fourth-order valence-electron chi connectivity index (χ4n) is 2.62. The Balaban J connectivity index is 1.94. The van der Waals surface area contributed by atoms with E-state index in [9.17, 15) is 9.90 Å². The van der Waals surface area contributed by atoms with Gasteiger partial charge in [-0.2, -0.15) is 0 Å². The molecular formula is C18H19N3O2. The van der Waals surface area contributed by atoms with Crippen molar-refractivity contribution >= 4 is 22.6 Å². The van der Waals surface area contributed by atoms with Gasteiger partial charge in [-0.1, -0.05) is 30.3 Å². The molecule has 23 heavy (non-hydrogen) atoms. The summed E-state index contributed by atoms with van der Waals surface area (Å²) >= 11 is 0. The number of likely N-dealkylation sites (N-methyl/N-ethyl adjacent to an activating group) is 1. The van der Waals surface area contributed by atoms with Crippen LogP contribution in [0.3, 0.4) is 0 Å². The maximum Gasteiger partial charge on any atom is 0.246 e. The summed E-state index contributed by atoms with van der Waals surface area (Å²) in [4.78, 5) is 18.7. The van der Waals surface area contributed by atoms with Crippen LogP contribution in [0, 0.1) is 0 Å². The van der Waals surface area contributed by atoms with Gasteiger partial charge in [-0.25, -0.2) is 4.98 Å². The zero-order valence-corrected chi connectivity index (χ0v) is 13.2. The van der Waals surface area contributed by atoms with E-state index in [1.165, 1.54) is 0 Å². The van der Waals surface area contributed by atoms with E-state index in [1.54, 1.807) is 23.4 Å². The number of hydrogen-bond donors (Lipinski definition) is 1. The molecule has 3 aromatic rings. The number of anilines is 1. The molecule has 0 saturated heterocycles. The zero-order chi connectivity index (χ0) is 16.4. The fourth-order valence-corrected chi connectivity index (χ4v) is 2.62. The lowest BCUT2D eigenvalue weighted by molar-refractivity contribution is -0.118. The lowest BCUT2D eigenvalue weighted by atomic mass is 10.3. The Morgan fingerprint density at radius 3 is 2.52 bits per heavy atom. The highest BCUT2D eigenvalue weighted by Gasteiger charge is 2.19. The Labute approximate surface area is 134 Å². The lowest BCUT2D eigenvalue weighted by Gasteiger charge is -2.19. The normalized spacial score (nSPS) is 12.3. The van der Waals surface area contributed by atoms with Gasteiger partial charge < -0.3 is 14.6 Å². The number of rotatable bonds is 4. The molecule has 0 unspecified atom stereocenters. The highest BCUT2D eigenvalue weighted by atomic mass is 16.3. The van der Waals surface area contributed by atoms with E-state index in [0.717, 1.165) is 16.7 Å². The summed E-state index contributed by atoms with van der Waals surface area (Å²) in [6.07, 6.45) is -0.739. The van der Waals surface area contributed by atoms with Crippen molar-refractivity contribution in [1.29, 1.82) is 0 Å². The predicted octanol–water partition coefficient (Wildman–Crippen LogP) is 2.75. The van der Waals surface area contributed by atoms with Gasteiger partial charge in [-0.05, 0) is 31.2 Å². The summed E-state index contributed by atoms with van der Waals surface area (Å²) in [7, 11) is 1.75. The quantitative estimate of drug-likeness (QED) is 0.806. The standard InChI is InChI=1S/C18H19N3O2/c1-13(22)18-19-15-10-6-7-11-16(15)21(18)12-17(23)20(2)14-8-4-3-5-9-14/h3-11,13,22H,12H2,1-2H3/t13-/m1/s1. The molecule has 0 bridgehead atoms. The van der Waals surface area contributed by atoms with Crippen LogP contribution < -0.4 is 4.90 Å². The Morgan fingerprint density at radius 1 is 1.17 bits per heavy atom. The molecule has 1 atom stereocenters. The molecule has 0 spiro atoms. The van der Waals surface area contributed by atoms with E-state index in [-0.39, 0.29) is 12.5 Å². The first-order valence-corrected chi connectivity index (χ1v) is 7.53. The van der Waals surface area contributed by atoms with E-state index < -0.39 is 6.10 Å². The lowest BCUT2D eigenvalue weighted by Crippen LogP contribution is -2.30. The molecule has 1 aromatic heterocycles. The second-order valence-corrected chi connectivity index (χ2v) is 5.51. The first kappa shape index (κ1) is 15.2.